The van der Waals surface area contributed by atoms with Crippen molar-refractivity contribution in [3.05, 3.63) is 72.6 Å². The minimum absolute atomic E-state index is 0.305. The maximum atomic E-state index is 12.3. The largest absolute Gasteiger partial charge is 0.461 e. The van der Waals surface area contributed by atoms with Crippen molar-refractivity contribution in [3.63, 3.8) is 0 Å². The maximum absolute atomic E-state index is 12.3. The molecule has 0 aliphatic heterocycles. The number of anilines is 2. The highest BCUT2D eigenvalue weighted by molar-refractivity contribution is 6.37. The molecule has 0 saturated heterocycles. The monoisotopic (exact) mass is 409 g/mol. The zero-order valence-corrected chi connectivity index (χ0v) is 18.1. The van der Waals surface area contributed by atoms with Crippen LogP contribution < -0.4 is 15.6 Å². The van der Waals surface area contributed by atoms with E-state index in [1.54, 1.807) is 18.1 Å². The molecule has 0 aromatic heterocycles. The molecule has 0 spiro atoms. The van der Waals surface area contributed by atoms with Gasteiger partial charge in [0.05, 0.1) is 18.8 Å². The van der Waals surface area contributed by atoms with Crippen molar-refractivity contribution in [2.45, 2.75) is 13.5 Å². The van der Waals surface area contributed by atoms with Gasteiger partial charge in [0.15, 0.2) is 5.71 Å². The molecule has 2 aromatic rings. The number of esters is 1. The van der Waals surface area contributed by atoms with Gasteiger partial charge in [-0.1, -0.05) is 30.3 Å². The van der Waals surface area contributed by atoms with Crippen molar-refractivity contribution in [2.75, 3.05) is 44.6 Å². The summed E-state index contributed by atoms with van der Waals surface area (Å²) in [5.74, 6) is -0.421. The normalized spacial score (nSPS) is 11.3. The lowest BCUT2D eigenvalue weighted by Gasteiger charge is -2.19. The molecule has 2 N–H and O–H groups in total. The van der Waals surface area contributed by atoms with Crippen LogP contribution in [0.25, 0.3) is 0 Å². The topological polar surface area (TPSA) is 69.2 Å². The molecule has 0 aliphatic rings. The second-order valence-corrected chi connectivity index (χ2v) is 6.70. The lowest BCUT2D eigenvalue weighted by atomic mass is 10.2. The summed E-state index contributed by atoms with van der Waals surface area (Å²) in [4.78, 5) is 14.2. The van der Waals surface area contributed by atoms with Gasteiger partial charge >= 0.3 is 5.97 Å². The van der Waals surface area contributed by atoms with Crippen molar-refractivity contribution >= 4 is 23.1 Å². The van der Waals surface area contributed by atoms with Crippen LogP contribution in [0.3, 0.4) is 0 Å². The van der Waals surface area contributed by atoms with E-state index in [4.69, 9.17) is 4.74 Å². The van der Waals surface area contributed by atoms with Gasteiger partial charge in [0.2, 0.25) is 0 Å². The Labute approximate surface area is 179 Å². The highest BCUT2D eigenvalue weighted by Crippen LogP contribution is 2.18. The van der Waals surface area contributed by atoms with E-state index >= 15 is 0 Å². The molecule has 2 aromatic carbocycles. The molecule has 7 nitrogen and oxygen atoms in total. The number of hydrogen-bond donors (Lipinski definition) is 2. The Morgan fingerprint density at radius 3 is 2.43 bits per heavy atom. The Balaban J connectivity index is 2.06. The third kappa shape index (κ3) is 7.50. The first-order valence-corrected chi connectivity index (χ1v) is 9.93. The van der Waals surface area contributed by atoms with Crippen molar-refractivity contribution < 1.29 is 9.53 Å². The molecule has 160 valence electrons. The van der Waals surface area contributed by atoms with Gasteiger partial charge in [-0.15, -0.1) is 0 Å². The van der Waals surface area contributed by atoms with Crippen molar-refractivity contribution in [1.29, 1.82) is 0 Å². The zero-order valence-electron chi connectivity index (χ0n) is 18.1. The van der Waals surface area contributed by atoms with E-state index in [2.05, 4.69) is 27.9 Å². The van der Waals surface area contributed by atoms with Crippen LogP contribution in [0, 0.1) is 0 Å². The average molecular weight is 410 g/mol. The smallest absolute Gasteiger partial charge is 0.356 e. The van der Waals surface area contributed by atoms with Crippen molar-refractivity contribution in [2.24, 2.45) is 5.10 Å². The quantitative estimate of drug-likeness (QED) is 0.337. The van der Waals surface area contributed by atoms with E-state index in [1.165, 1.54) is 5.56 Å². The van der Waals surface area contributed by atoms with E-state index in [9.17, 15) is 4.79 Å². The molecule has 0 aliphatic carbocycles. The first-order chi connectivity index (χ1) is 14.5. The van der Waals surface area contributed by atoms with E-state index in [0.717, 1.165) is 17.9 Å². The summed E-state index contributed by atoms with van der Waals surface area (Å²) in [6, 6.07) is 18.2. The highest BCUT2D eigenvalue weighted by atomic mass is 16.5. The van der Waals surface area contributed by atoms with Crippen LogP contribution >= 0.6 is 0 Å². The third-order valence-corrected chi connectivity index (χ3v) is 4.26. The Hall–Kier alpha value is -3.48. The second kappa shape index (κ2) is 12.2. The summed E-state index contributed by atoms with van der Waals surface area (Å²) in [6.07, 6.45) is 3.62. The molecule has 0 fully saturated rings. The summed E-state index contributed by atoms with van der Waals surface area (Å²) in [5, 5.41) is 12.5. The van der Waals surface area contributed by atoms with Crippen LogP contribution in [-0.2, 0) is 16.1 Å². The number of nitrogens with one attached hydrogen (secondary N) is 2. The van der Waals surface area contributed by atoms with E-state index in [1.807, 2.05) is 74.7 Å². The summed E-state index contributed by atoms with van der Waals surface area (Å²) >= 11 is 0. The number of carbonyl (C=O) groups is 1. The lowest BCUT2D eigenvalue weighted by molar-refractivity contribution is -0.135. The molecule has 0 unspecified atom stereocenters. The van der Waals surface area contributed by atoms with E-state index in [-0.39, 0.29) is 0 Å². The molecule has 0 amide bonds. The summed E-state index contributed by atoms with van der Waals surface area (Å²) in [7, 11) is 5.50. The van der Waals surface area contributed by atoms with Gasteiger partial charge in [-0.3, -0.25) is 5.01 Å². The Morgan fingerprint density at radius 2 is 1.80 bits per heavy atom. The molecule has 7 heteroatoms. The van der Waals surface area contributed by atoms with Gasteiger partial charge < -0.3 is 20.3 Å². The standard InChI is InChI=1S/C23H31N5O2/c1-5-30-23(29)22(18-27(3)16-15-24-2)26-28(4)21-13-11-20(12-14-21)25-17-19-9-7-6-8-10-19/h6-16,24-25H,5,17-18H2,1-4H3/b16-15-,26-22-. The van der Waals surface area contributed by atoms with Crippen molar-refractivity contribution in [1.82, 2.24) is 10.2 Å². The van der Waals surface area contributed by atoms with Gasteiger partial charge in [-0.25, -0.2) is 4.79 Å². The Bertz CT molecular complexity index is 834. The summed E-state index contributed by atoms with van der Waals surface area (Å²) < 4.78 is 5.17. The first kappa shape index (κ1) is 22.8. The fourth-order valence-electron chi connectivity index (χ4n) is 2.68. The van der Waals surface area contributed by atoms with E-state index in [0.29, 0.717) is 18.9 Å². The number of carbonyl (C=O) groups excluding carboxylic acids is 1. The van der Waals surface area contributed by atoms with Crippen molar-refractivity contribution in [3.8, 4) is 0 Å². The number of hydrazone groups is 1. The lowest BCUT2D eigenvalue weighted by Crippen LogP contribution is -2.31. The average Bonchev–Trinajstić information content (AvgIpc) is 2.77. The second-order valence-electron chi connectivity index (χ2n) is 6.70. The van der Waals surface area contributed by atoms with Crippen LogP contribution in [0.1, 0.15) is 12.5 Å². The first-order valence-electron chi connectivity index (χ1n) is 9.93. The number of nitrogens with zero attached hydrogens (tertiary/aromatic N) is 3. The van der Waals surface area contributed by atoms with Gasteiger partial charge in [-0.05, 0) is 36.8 Å². The third-order valence-electron chi connectivity index (χ3n) is 4.26. The minimum Gasteiger partial charge on any atom is -0.461 e. The van der Waals surface area contributed by atoms with Crippen LogP contribution in [0.4, 0.5) is 11.4 Å². The maximum Gasteiger partial charge on any atom is 0.356 e. The number of rotatable bonds is 11. The Morgan fingerprint density at radius 1 is 1.10 bits per heavy atom. The fraction of sp³-hybridized carbons (Fsp3) is 0.304. The number of ether oxygens (including phenoxy) is 1. The molecule has 0 atom stereocenters. The number of benzene rings is 2. The van der Waals surface area contributed by atoms with Crippen LogP contribution in [0.5, 0.6) is 0 Å². The molecular weight excluding hydrogens is 378 g/mol. The van der Waals surface area contributed by atoms with E-state index < -0.39 is 5.97 Å². The predicted molar refractivity (Wildman–Crippen MR) is 124 cm³/mol. The molecule has 0 bridgehead atoms. The van der Waals surface area contributed by atoms with Gasteiger partial charge in [-0.2, -0.15) is 5.10 Å². The fourth-order valence-corrected chi connectivity index (χ4v) is 2.68. The highest BCUT2D eigenvalue weighted by Gasteiger charge is 2.16. The minimum atomic E-state index is -0.421. The molecule has 0 radical (unpaired) electrons. The van der Waals surface area contributed by atoms with Crippen LogP contribution in [-0.4, -0.2) is 50.9 Å². The van der Waals surface area contributed by atoms with Gasteiger partial charge in [0.25, 0.3) is 0 Å². The molecule has 0 saturated carbocycles. The number of hydrogen-bond acceptors (Lipinski definition) is 7. The molecular formula is C23H31N5O2. The SMILES string of the molecule is CCOC(=O)/C(CN(C)/C=C\NC)=N\N(C)c1ccc(NCc2ccccc2)cc1. The zero-order chi connectivity index (χ0) is 21.8. The predicted octanol–water partition coefficient (Wildman–Crippen LogP) is 3.28. The van der Waals surface area contributed by atoms with Gasteiger partial charge in [0, 0.05) is 45.8 Å². The molecule has 0 heterocycles. The van der Waals surface area contributed by atoms with Crippen LogP contribution in [0.15, 0.2) is 72.1 Å². The van der Waals surface area contributed by atoms with Gasteiger partial charge in [0.1, 0.15) is 0 Å². The Kier molecular flexibility index (Phi) is 9.24. The molecule has 2 rings (SSSR count). The summed E-state index contributed by atoms with van der Waals surface area (Å²) in [5.41, 5.74) is 3.44. The van der Waals surface area contributed by atoms with Crippen LogP contribution in [0.2, 0.25) is 0 Å². The summed E-state index contributed by atoms with van der Waals surface area (Å²) in [6.45, 7) is 3.18. The molecule has 30 heavy (non-hydrogen) atoms.